The van der Waals surface area contributed by atoms with E-state index in [2.05, 4.69) is 4.99 Å². The second-order valence-electron chi connectivity index (χ2n) is 7.05. The number of nitrogens with zero attached hydrogens (tertiary/aromatic N) is 1. The first-order valence-corrected chi connectivity index (χ1v) is 13.5. The fourth-order valence-corrected chi connectivity index (χ4v) is 3.19. The second-order valence-corrected chi connectivity index (χ2v) is 9.63. The molecule has 0 fully saturated rings. The Bertz CT molecular complexity index is 1160. The zero-order valence-corrected chi connectivity index (χ0v) is 21.2. The van der Waals surface area contributed by atoms with E-state index in [1.165, 1.54) is 0 Å². The number of aryl methyl sites for hydroxylation is 1. The molecule has 0 amide bonds. The van der Waals surface area contributed by atoms with Crippen molar-refractivity contribution in [2.45, 2.75) is 37.8 Å². The molecule has 0 unspecified atom stereocenters. The molecule has 2 aromatic carbocycles. The predicted molar refractivity (Wildman–Crippen MR) is 103 cm³/mol. The van der Waals surface area contributed by atoms with Gasteiger partial charge in [-0.05, 0) is 18.6 Å². The molecule has 0 heterocycles. The monoisotopic (exact) mass is 669 g/mol. The average Bonchev–Trinajstić information content (AvgIpc) is 2.70. The van der Waals surface area contributed by atoms with Crippen molar-refractivity contribution in [3.05, 3.63) is 57.1 Å². The van der Waals surface area contributed by atoms with Crippen molar-refractivity contribution >= 4 is 30.5 Å². The molecule has 1 N–H and O–H groups in total. The molecule has 2 aromatic rings. The summed E-state index contributed by atoms with van der Waals surface area (Å²) in [5, 5.41) is 9.81. The van der Waals surface area contributed by atoms with Gasteiger partial charge in [0.15, 0.2) is 0 Å². The van der Waals surface area contributed by atoms with Crippen LogP contribution in [-0.2, 0) is 47.9 Å². The van der Waals surface area contributed by atoms with E-state index in [-0.39, 0.29) is 11.8 Å². The van der Waals surface area contributed by atoms with E-state index in [4.69, 9.17) is 18.6 Å². The van der Waals surface area contributed by atoms with E-state index in [1.54, 1.807) is 0 Å². The molecule has 39 heavy (non-hydrogen) atoms. The van der Waals surface area contributed by atoms with E-state index in [1.807, 2.05) is 0 Å². The molecule has 0 bridgehead atoms. The first-order chi connectivity index (χ1) is 17.3. The molecule has 20 heteroatoms. The molecule has 0 aromatic heterocycles. The van der Waals surface area contributed by atoms with Crippen molar-refractivity contribution in [1.29, 1.82) is 0 Å². The van der Waals surface area contributed by atoms with Gasteiger partial charge < -0.3 is 5.11 Å². The standard InChI is InChI=1S/C19H8F15NO.2ClH.Ti/c1-6-3-2-4-7(14(6)36)5-35-13-11(18(29,30)31)9(16(23,24)25)8(15(20,21)22)10(17(26,27)28)12(13)19(32,33)34;;;/h2-5,36H,1H3;2*1H;/q;;;+2/p-2. The van der Waals surface area contributed by atoms with Gasteiger partial charge in [-0.1, -0.05) is 12.1 Å². The van der Waals surface area contributed by atoms with Gasteiger partial charge in [-0.15, -0.1) is 0 Å². The van der Waals surface area contributed by atoms with Gasteiger partial charge in [0.25, 0.3) is 0 Å². The number of alkyl halides is 15. The van der Waals surface area contributed by atoms with Crippen molar-refractivity contribution < 1.29 is 88.0 Å². The Morgan fingerprint density at radius 2 is 0.949 bits per heavy atom. The molecule has 0 spiro atoms. The minimum absolute atomic E-state index is 0.0922. The summed E-state index contributed by atoms with van der Waals surface area (Å²) in [7, 11) is 9.78. The maximum atomic E-state index is 13.6. The summed E-state index contributed by atoms with van der Waals surface area (Å²) in [6, 6.07) is 2.93. The molecule has 0 saturated carbocycles. The van der Waals surface area contributed by atoms with Crippen LogP contribution in [0.1, 0.15) is 38.9 Å². The van der Waals surface area contributed by atoms with E-state index >= 15 is 0 Å². The third kappa shape index (κ3) is 8.33. The molecule has 0 saturated heterocycles. The Balaban J connectivity index is 0.00000242. The molecule has 0 aliphatic carbocycles. The molecule has 2 rings (SSSR count). The van der Waals surface area contributed by atoms with Crippen LogP contribution >= 0.6 is 18.6 Å². The number of benzene rings is 2. The SMILES string of the molecule is Cc1cccc(C=Nc2c(C(F)(F)F)c(C(F)(F)F)c(C(F)(F)F)c(C(F)(F)F)c2C(F)(F)F)c1O.[Cl][Ti][Cl]. The van der Waals surface area contributed by atoms with Gasteiger partial charge in [-0.25, -0.2) is 0 Å². The van der Waals surface area contributed by atoms with Crippen LogP contribution in [-0.4, -0.2) is 11.3 Å². The molecule has 2 nitrogen and oxygen atoms in total. The Hall–Kier alpha value is -1.85. The first kappa shape index (κ1) is 35.2. The number of phenols is 1. The van der Waals surface area contributed by atoms with Gasteiger partial charge in [0.2, 0.25) is 0 Å². The number of halogens is 17. The number of rotatable bonds is 2. The van der Waals surface area contributed by atoms with Gasteiger partial charge >= 0.3 is 66.5 Å². The van der Waals surface area contributed by atoms with Crippen molar-refractivity contribution in [2.24, 2.45) is 4.99 Å². The van der Waals surface area contributed by atoms with Gasteiger partial charge in [0.1, 0.15) is 5.75 Å². The van der Waals surface area contributed by atoms with Gasteiger partial charge in [-0.2, -0.15) is 65.9 Å². The molecular weight excluding hydrogens is 662 g/mol. The normalized spacial score (nSPS) is 13.4. The Labute approximate surface area is 224 Å². The summed E-state index contributed by atoms with van der Waals surface area (Å²) < 4.78 is 203. The van der Waals surface area contributed by atoms with Crippen LogP contribution in [0, 0.1) is 6.92 Å². The zero-order valence-electron chi connectivity index (χ0n) is 18.1. The van der Waals surface area contributed by atoms with Crippen molar-refractivity contribution in [1.82, 2.24) is 0 Å². The molecule has 0 radical (unpaired) electrons. The summed E-state index contributed by atoms with van der Waals surface area (Å²) >= 11 is -0.556. The maximum absolute atomic E-state index is 13.6. The third-order valence-corrected chi connectivity index (χ3v) is 4.49. The number of aliphatic imine (C=N–C) groups is 1. The number of aromatic hydroxyl groups is 1. The van der Waals surface area contributed by atoms with Crippen LogP contribution < -0.4 is 0 Å². The van der Waals surface area contributed by atoms with Crippen LogP contribution in [0.5, 0.6) is 5.75 Å². The summed E-state index contributed by atoms with van der Waals surface area (Å²) in [5.41, 5.74) is -23.8. The average molecular weight is 670 g/mol. The number of hydrogen-bond donors (Lipinski definition) is 1. The fourth-order valence-electron chi connectivity index (χ4n) is 3.19. The summed E-state index contributed by atoms with van der Waals surface area (Å²) in [4.78, 5) is 2.49. The minimum atomic E-state index is -6.98. The van der Waals surface area contributed by atoms with Crippen LogP contribution in [0.25, 0.3) is 0 Å². The predicted octanol–water partition coefficient (Wildman–Crippen LogP) is 9.92. The Morgan fingerprint density at radius 1 is 0.641 bits per heavy atom. The number of hydrogen-bond acceptors (Lipinski definition) is 2. The number of para-hydroxylation sites is 1. The molecule has 0 atom stereocenters. The van der Waals surface area contributed by atoms with Crippen molar-refractivity contribution in [3.63, 3.8) is 0 Å². The zero-order chi connectivity index (χ0) is 30.9. The van der Waals surface area contributed by atoms with Gasteiger partial charge in [0.05, 0.1) is 33.5 Å². The summed E-state index contributed by atoms with van der Waals surface area (Å²) in [6.07, 6.45) is -34.3. The van der Waals surface area contributed by atoms with Crippen molar-refractivity contribution in [3.8, 4) is 5.75 Å². The molecular formula is C19H8Cl2F15NOTi. The molecule has 0 aliphatic heterocycles. The van der Waals surface area contributed by atoms with E-state index in [9.17, 15) is 71.0 Å². The fraction of sp³-hybridized carbons (Fsp3) is 0.316. The van der Waals surface area contributed by atoms with Crippen LogP contribution in [0.2, 0.25) is 0 Å². The Kier molecular flexibility index (Phi) is 10.8. The van der Waals surface area contributed by atoms with Crippen LogP contribution in [0.15, 0.2) is 23.2 Å². The molecule has 218 valence electrons. The quantitative estimate of drug-likeness (QED) is 0.193. The number of phenolic OH excluding ortho intramolecular Hbond substituents is 1. The van der Waals surface area contributed by atoms with E-state index in [0.717, 1.165) is 25.1 Å². The van der Waals surface area contributed by atoms with Crippen molar-refractivity contribution in [2.75, 3.05) is 0 Å². The van der Waals surface area contributed by atoms with E-state index < -0.39 is 92.7 Å². The summed E-state index contributed by atoms with van der Waals surface area (Å²) in [5.74, 6) is -0.887. The topological polar surface area (TPSA) is 32.6 Å². The summed E-state index contributed by atoms with van der Waals surface area (Å²) in [6.45, 7) is 1.15. The van der Waals surface area contributed by atoms with Gasteiger partial charge in [0, 0.05) is 11.8 Å². The third-order valence-electron chi connectivity index (χ3n) is 4.49. The second kappa shape index (κ2) is 11.9. The Morgan fingerprint density at radius 3 is 1.26 bits per heavy atom. The first-order valence-electron chi connectivity index (χ1n) is 9.20. The van der Waals surface area contributed by atoms with Gasteiger partial charge in [-0.3, -0.25) is 4.99 Å². The van der Waals surface area contributed by atoms with Crippen LogP contribution in [0.4, 0.5) is 71.5 Å². The molecule has 0 aliphatic rings. The van der Waals surface area contributed by atoms with Crippen LogP contribution in [0.3, 0.4) is 0 Å². The van der Waals surface area contributed by atoms with E-state index in [0.29, 0.717) is 0 Å².